The third-order valence-electron chi connectivity index (χ3n) is 6.86. The highest BCUT2D eigenvalue weighted by Crippen LogP contribution is 2.34. The Balaban J connectivity index is 0.000000211. The van der Waals surface area contributed by atoms with Crippen LogP contribution in [-0.4, -0.2) is 59.5 Å². The molecule has 0 aliphatic carbocycles. The van der Waals surface area contributed by atoms with Gasteiger partial charge in [0.2, 0.25) is 0 Å². The number of nitrogens with zero attached hydrogens (tertiary/aromatic N) is 2. The fourth-order valence-electron chi connectivity index (χ4n) is 4.37. The van der Waals surface area contributed by atoms with Crippen molar-refractivity contribution in [1.29, 1.82) is 0 Å². The molecule has 282 valence electrons. The molecule has 4 aromatic rings. The fourth-order valence-corrected chi connectivity index (χ4v) is 7.05. The SMILES string of the molecule is COC(=O)COc1ccc(Br)cc1/C=C1\SC(=Nc2ccc(Cl)cc2)NC1=O.O=C(O)COc1ccc(Br)cc1/C=C1\SC(=Nc2ccc(Cl)cc2)NC1=O. The lowest BCUT2D eigenvalue weighted by molar-refractivity contribution is -0.143. The summed E-state index contributed by atoms with van der Waals surface area (Å²) in [6.45, 7) is -0.697. The molecular weight excluding hydrogens is 923 g/mol. The Labute approximate surface area is 349 Å². The summed E-state index contributed by atoms with van der Waals surface area (Å²) in [7, 11) is 1.29. The first kappa shape index (κ1) is 41.6. The zero-order chi connectivity index (χ0) is 39.5. The van der Waals surface area contributed by atoms with E-state index in [2.05, 4.69) is 57.2 Å². The van der Waals surface area contributed by atoms with Crippen LogP contribution in [0, 0.1) is 0 Å². The first-order valence-electron chi connectivity index (χ1n) is 15.6. The summed E-state index contributed by atoms with van der Waals surface area (Å²) >= 11 is 20.9. The minimum Gasteiger partial charge on any atom is -0.481 e. The van der Waals surface area contributed by atoms with Gasteiger partial charge < -0.3 is 30.0 Å². The van der Waals surface area contributed by atoms with Crippen LogP contribution in [0.4, 0.5) is 11.4 Å². The molecule has 4 aromatic carbocycles. The number of aliphatic imine (C=N–C) groups is 2. The van der Waals surface area contributed by atoms with Gasteiger partial charge in [-0.05, 0) is 121 Å². The highest BCUT2D eigenvalue weighted by molar-refractivity contribution is 9.10. The second-order valence-electron chi connectivity index (χ2n) is 10.8. The van der Waals surface area contributed by atoms with E-state index in [1.165, 1.54) is 30.6 Å². The molecular formula is C37H26Br2Cl2N4O8S2. The Bertz CT molecular complexity index is 2250. The summed E-state index contributed by atoms with van der Waals surface area (Å²) in [6.07, 6.45) is 3.31. The Morgan fingerprint density at radius 3 is 1.53 bits per heavy atom. The normalized spacial score (nSPS) is 16.5. The van der Waals surface area contributed by atoms with Crippen LogP contribution in [0.2, 0.25) is 10.0 Å². The quantitative estimate of drug-likeness (QED) is 0.103. The summed E-state index contributed by atoms with van der Waals surface area (Å²) in [6, 6.07) is 24.3. The molecule has 3 N–H and O–H groups in total. The molecule has 12 nitrogen and oxygen atoms in total. The predicted octanol–water partition coefficient (Wildman–Crippen LogP) is 9.00. The van der Waals surface area contributed by atoms with Crippen LogP contribution in [0.25, 0.3) is 12.2 Å². The average Bonchev–Trinajstić information content (AvgIpc) is 3.68. The van der Waals surface area contributed by atoms with E-state index < -0.39 is 18.5 Å². The minimum atomic E-state index is -1.08. The number of amidine groups is 2. The standard InChI is InChI=1S/C19H14BrClN2O4S.C18H12BrClN2O4S/c1-26-17(24)10-27-15-7-2-12(20)8-11(15)9-16-18(25)23-19(28-16)22-14-5-3-13(21)4-6-14;19-11-1-6-14(26-9-16(23)24)10(7-11)8-15-17(25)22-18(27-15)21-13-4-2-12(20)3-5-13/h2-9H,10H2,1H3,(H,22,23,25);1-8H,9H2,(H,23,24)(H,21,22,25)/b16-9-;15-8-. The third-order valence-corrected chi connectivity index (χ3v) is 10.2. The molecule has 0 spiro atoms. The number of amides is 2. The van der Waals surface area contributed by atoms with Crippen molar-refractivity contribution in [2.75, 3.05) is 20.3 Å². The summed E-state index contributed by atoms with van der Waals surface area (Å²) in [4.78, 5) is 56.3. The van der Waals surface area contributed by atoms with Crippen molar-refractivity contribution in [3.05, 3.63) is 125 Å². The van der Waals surface area contributed by atoms with Gasteiger partial charge in [-0.15, -0.1) is 0 Å². The highest BCUT2D eigenvalue weighted by atomic mass is 79.9. The number of ether oxygens (including phenoxy) is 3. The molecule has 0 bridgehead atoms. The molecule has 6 rings (SSSR count). The topological polar surface area (TPSA) is 165 Å². The molecule has 18 heteroatoms. The van der Waals surface area contributed by atoms with Crippen molar-refractivity contribution in [2.24, 2.45) is 9.98 Å². The second-order valence-corrected chi connectivity index (χ2v) is 15.6. The number of benzene rings is 4. The van der Waals surface area contributed by atoms with Crippen LogP contribution in [0.1, 0.15) is 11.1 Å². The van der Waals surface area contributed by atoms with Crippen molar-refractivity contribution in [1.82, 2.24) is 10.6 Å². The number of methoxy groups -OCH3 is 1. The van der Waals surface area contributed by atoms with Crippen LogP contribution in [0.3, 0.4) is 0 Å². The number of carbonyl (C=O) groups excluding carboxylic acids is 3. The monoisotopic (exact) mass is 946 g/mol. The van der Waals surface area contributed by atoms with Crippen LogP contribution in [0.15, 0.2) is 114 Å². The summed E-state index contributed by atoms with van der Waals surface area (Å²) < 4.78 is 16.9. The number of nitrogens with one attached hydrogen (secondary N) is 2. The molecule has 0 atom stereocenters. The van der Waals surface area contributed by atoms with E-state index in [1.54, 1.807) is 97.1 Å². The number of aliphatic carboxylic acids is 1. The molecule has 0 saturated carbocycles. The van der Waals surface area contributed by atoms with Gasteiger partial charge in [0, 0.05) is 30.1 Å². The Morgan fingerprint density at radius 2 is 1.13 bits per heavy atom. The van der Waals surface area contributed by atoms with Gasteiger partial charge in [0.15, 0.2) is 23.5 Å². The minimum absolute atomic E-state index is 0.225. The number of hydrogen-bond donors (Lipinski definition) is 3. The smallest absolute Gasteiger partial charge is 0.343 e. The van der Waals surface area contributed by atoms with Crippen molar-refractivity contribution in [3.63, 3.8) is 0 Å². The van der Waals surface area contributed by atoms with Crippen LogP contribution >= 0.6 is 78.6 Å². The van der Waals surface area contributed by atoms with E-state index in [4.69, 9.17) is 37.8 Å². The van der Waals surface area contributed by atoms with Gasteiger partial charge in [-0.1, -0.05) is 55.1 Å². The molecule has 2 saturated heterocycles. The molecule has 55 heavy (non-hydrogen) atoms. The van der Waals surface area contributed by atoms with E-state index >= 15 is 0 Å². The van der Waals surface area contributed by atoms with E-state index in [1.807, 2.05) is 0 Å². The Kier molecular flexibility index (Phi) is 15.0. The zero-order valence-electron chi connectivity index (χ0n) is 28.2. The number of carboxylic acid groups (broad SMARTS) is 1. The number of carbonyl (C=O) groups is 4. The number of halogens is 4. The van der Waals surface area contributed by atoms with Crippen LogP contribution < -0.4 is 20.1 Å². The summed E-state index contributed by atoms with van der Waals surface area (Å²) in [5.74, 6) is -1.32. The average molecular weight is 949 g/mol. The molecule has 2 heterocycles. The lowest BCUT2D eigenvalue weighted by Crippen LogP contribution is -2.19. The molecule has 2 aliphatic heterocycles. The number of carboxylic acids is 1. The molecule has 0 aromatic heterocycles. The van der Waals surface area contributed by atoms with Gasteiger partial charge in [-0.25, -0.2) is 19.6 Å². The number of rotatable bonds is 10. The first-order valence-corrected chi connectivity index (χ1v) is 19.6. The van der Waals surface area contributed by atoms with Gasteiger partial charge >= 0.3 is 11.9 Å². The van der Waals surface area contributed by atoms with E-state index in [0.717, 1.165) is 8.95 Å². The van der Waals surface area contributed by atoms with Crippen LogP contribution in [-0.2, 0) is 23.9 Å². The van der Waals surface area contributed by atoms with Gasteiger partial charge in [0.25, 0.3) is 11.8 Å². The maximum atomic E-state index is 12.3. The van der Waals surface area contributed by atoms with E-state index in [9.17, 15) is 19.2 Å². The zero-order valence-corrected chi connectivity index (χ0v) is 34.5. The van der Waals surface area contributed by atoms with Gasteiger partial charge in [0.1, 0.15) is 11.5 Å². The maximum Gasteiger partial charge on any atom is 0.343 e. The van der Waals surface area contributed by atoms with Crippen LogP contribution in [0.5, 0.6) is 11.5 Å². The molecule has 2 fully saturated rings. The summed E-state index contributed by atoms with van der Waals surface area (Å²) in [5.41, 5.74) is 2.56. The predicted molar refractivity (Wildman–Crippen MR) is 223 cm³/mol. The maximum absolute atomic E-state index is 12.3. The second kappa shape index (κ2) is 19.8. The van der Waals surface area contributed by atoms with Crippen molar-refractivity contribution < 1.29 is 38.5 Å². The third kappa shape index (κ3) is 12.7. The van der Waals surface area contributed by atoms with Crippen molar-refractivity contribution in [3.8, 4) is 11.5 Å². The molecule has 0 unspecified atom stereocenters. The Morgan fingerprint density at radius 1 is 0.709 bits per heavy atom. The van der Waals surface area contributed by atoms with Gasteiger partial charge in [0.05, 0.1) is 28.3 Å². The molecule has 2 aliphatic rings. The summed E-state index contributed by atoms with van der Waals surface area (Å²) in [5, 5.41) is 16.3. The van der Waals surface area contributed by atoms with Crippen molar-refractivity contribution >= 4 is 136 Å². The molecule has 2 amide bonds. The number of thioether (sulfide) groups is 2. The number of hydrogen-bond acceptors (Lipinski definition) is 11. The number of esters is 1. The Hall–Kier alpha value is -4.58. The van der Waals surface area contributed by atoms with Gasteiger partial charge in [-0.3, -0.25) is 9.59 Å². The van der Waals surface area contributed by atoms with Gasteiger partial charge in [-0.2, -0.15) is 0 Å². The largest absolute Gasteiger partial charge is 0.481 e. The molecule has 0 radical (unpaired) electrons. The highest BCUT2D eigenvalue weighted by Gasteiger charge is 2.26. The van der Waals surface area contributed by atoms with E-state index in [-0.39, 0.29) is 18.4 Å². The van der Waals surface area contributed by atoms with Crippen molar-refractivity contribution in [2.45, 2.75) is 0 Å². The first-order chi connectivity index (χ1) is 26.3. The lowest BCUT2D eigenvalue weighted by Gasteiger charge is -2.09. The fraction of sp³-hybridized carbons (Fsp3) is 0.0811. The van der Waals surface area contributed by atoms with E-state index in [0.29, 0.717) is 64.2 Å². The lowest BCUT2D eigenvalue weighted by atomic mass is 10.2.